The Balaban J connectivity index is 1.43. The Hall–Kier alpha value is -1.89. The molecule has 0 spiro atoms. The first-order valence-electron chi connectivity index (χ1n) is 9.94. The van der Waals surface area contributed by atoms with Gasteiger partial charge in [0.15, 0.2) is 5.96 Å². The van der Waals surface area contributed by atoms with Crippen LogP contribution in [0.4, 0.5) is 14.5 Å². The first-order valence-corrected chi connectivity index (χ1v) is 9.94. The summed E-state index contributed by atoms with van der Waals surface area (Å²) in [4.78, 5) is 8.69. The fraction of sp³-hybridized carbons (Fsp3) is 0.650. The van der Waals surface area contributed by atoms with Crippen molar-refractivity contribution in [3.63, 3.8) is 0 Å². The second-order valence-corrected chi connectivity index (χ2v) is 7.59. The molecule has 1 aliphatic heterocycles. The molecular weight excluding hydrogens is 348 g/mol. The number of anilines is 1. The minimum atomic E-state index is -0.544. The summed E-state index contributed by atoms with van der Waals surface area (Å²) in [6.07, 6.45) is 6.19. The molecule has 1 heterocycles. The summed E-state index contributed by atoms with van der Waals surface area (Å²) in [5.41, 5.74) is 0.460. The van der Waals surface area contributed by atoms with Crippen molar-refractivity contribution >= 4 is 11.6 Å². The molecule has 2 aliphatic rings. The van der Waals surface area contributed by atoms with Crippen LogP contribution in [0.2, 0.25) is 0 Å². The number of likely N-dealkylation sites (N-methyl/N-ethyl adjacent to an activating group) is 1. The lowest BCUT2D eigenvalue weighted by atomic mass is 10.2. The minimum absolute atomic E-state index is 0.188. The van der Waals surface area contributed by atoms with E-state index in [-0.39, 0.29) is 6.04 Å². The summed E-state index contributed by atoms with van der Waals surface area (Å²) >= 11 is 0. The third kappa shape index (κ3) is 5.31. The zero-order valence-electron chi connectivity index (χ0n) is 16.3. The lowest BCUT2D eigenvalue weighted by molar-refractivity contribution is 0.249. The molecule has 150 valence electrons. The molecule has 0 amide bonds. The number of aliphatic imine (C=N–C) groups is 1. The van der Waals surface area contributed by atoms with E-state index < -0.39 is 11.6 Å². The molecule has 2 N–H and O–H groups in total. The molecule has 1 aromatic rings. The molecule has 1 saturated heterocycles. The Morgan fingerprint density at radius 2 is 2.04 bits per heavy atom. The number of hydrogen-bond donors (Lipinski definition) is 2. The highest BCUT2D eigenvalue weighted by Gasteiger charge is 2.25. The van der Waals surface area contributed by atoms with Crippen LogP contribution in [0.25, 0.3) is 0 Å². The van der Waals surface area contributed by atoms with Gasteiger partial charge in [0.2, 0.25) is 0 Å². The first-order chi connectivity index (χ1) is 13.1. The monoisotopic (exact) mass is 379 g/mol. The largest absolute Gasteiger partial charge is 0.367 e. The van der Waals surface area contributed by atoms with E-state index in [1.165, 1.54) is 37.8 Å². The van der Waals surface area contributed by atoms with E-state index >= 15 is 0 Å². The Morgan fingerprint density at radius 1 is 1.26 bits per heavy atom. The molecule has 1 aromatic carbocycles. The van der Waals surface area contributed by atoms with Crippen molar-refractivity contribution in [2.24, 2.45) is 4.99 Å². The third-order valence-electron chi connectivity index (χ3n) is 5.71. The van der Waals surface area contributed by atoms with Gasteiger partial charge in [0.1, 0.15) is 11.6 Å². The van der Waals surface area contributed by atoms with Gasteiger partial charge < -0.3 is 20.4 Å². The van der Waals surface area contributed by atoms with Crippen molar-refractivity contribution in [1.82, 2.24) is 15.5 Å². The number of nitrogens with zero attached hydrogens (tertiary/aromatic N) is 3. The number of benzene rings is 1. The summed E-state index contributed by atoms with van der Waals surface area (Å²) < 4.78 is 27.1. The molecular formula is C20H31F2N5. The van der Waals surface area contributed by atoms with Crippen LogP contribution in [-0.4, -0.2) is 63.2 Å². The quantitative estimate of drug-likeness (QED) is 0.589. The number of nitrogens with one attached hydrogen (secondary N) is 2. The normalized spacial score (nSPS) is 21.3. The highest BCUT2D eigenvalue weighted by atomic mass is 19.1. The van der Waals surface area contributed by atoms with E-state index in [9.17, 15) is 8.78 Å². The van der Waals surface area contributed by atoms with Gasteiger partial charge in [-0.05, 0) is 38.4 Å². The first kappa shape index (κ1) is 19.9. The number of guanidine groups is 1. The van der Waals surface area contributed by atoms with Crippen LogP contribution in [-0.2, 0) is 0 Å². The zero-order valence-corrected chi connectivity index (χ0v) is 16.3. The van der Waals surface area contributed by atoms with Crippen LogP contribution in [0.1, 0.15) is 32.1 Å². The number of hydrogen-bond acceptors (Lipinski definition) is 3. The van der Waals surface area contributed by atoms with Crippen molar-refractivity contribution in [2.45, 2.75) is 44.2 Å². The van der Waals surface area contributed by atoms with E-state index in [1.54, 1.807) is 7.05 Å². The molecule has 1 aliphatic carbocycles. The zero-order chi connectivity index (χ0) is 19.2. The van der Waals surface area contributed by atoms with Crippen molar-refractivity contribution in [1.29, 1.82) is 0 Å². The topological polar surface area (TPSA) is 42.9 Å². The summed E-state index contributed by atoms with van der Waals surface area (Å²) in [5, 5.41) is 6.80. The van der Waals surface area contributed by atoms with Crippen LogP contribution in [0.3, 0.4) is 0 Å². The van der Waals surface area contributed by atoms with Gasteiger partial charge in [0.25, 0.3) is 0 Å². The molecule has 3 rings (SSSR count). The average Bonchev–Trinajstić information content (AvgIpc) is 3.33. The van der Waals surface area contributed by atoms with Crippen molar-refractivity contribution in [3.8, 4) is 0 Å². The molecule has 27 heavy (non-hydrogen) atoms. The molecule has 0 radical (unpaired) electrons. The van der Waals surface area contributed by atoms with Crippen LogP contribution in [0, 0.1) is 11.6 Å². The number of halogens is 2. The van der Waals surface area contributed by atoms with Gasteiger partial charge in [-0.2, -0.15) is 0 Å². The van der Waals surface area contributed by atoms with Gasteiger partial charge in [-0.1, -0.05) is 12.8 Å². The maximum atomic E-state index is 14.0. The SMILES string of the molecule is CN=C(NCCN(C)C1CCCC1)NC1CCN(c2ccc(F)cc2F)C1. The number of rotatable bonds is 6. The van der Waals surface area contributed by atoms with Gasteiger partial charge in [0.05, 0.1) is 5.69 Å². The minimum Gasteiger partial charge on any atom is -0.367 e. The molecule has 1 unspecified atom stereocenters. The van der Waals surface area contributed by atoms with E-state index in [4.69, 9.17) is 0 Å². The molecule has 0 aromatic heterocycles. The lowest BCUT2D eigenvalue weighted by Crippen LogP contribution is -2.47. The summed E-state index contributed by atoms with van der Waals surface area (Å²) in [5.74, 6) is -0.272. The van der Waals surface area contributed by atoms with Crippen molar-refractivity contribution in [3.05, 3.63) is 29.8 Å². The van der Waals surface area contributed by atoms with E-state index in [0.29, 0.717) is 12.2 Å². The lowest BCUT2D eigenvalue weighted by Gasteiger charge is -2.25. The maximum Gasteiger partial charge on any atom is 0.191 e. The van der Waals surface area contributed by atoms with Gasteiger partial charge in [-0.3, -0.25) is 4.99 Å². The van der Waals surface area contributed by atoms with E-state index in [0.717, 1.165) is 44.1 Å². The second-order valence-electron chi connectivity index (χ2n) is 7.59. The van der Waals surface area contributed by atoms with Gasteiger partial charge in [-0.15, -0.1) is 0 Å². The predicted molar refractivity (Wildman–Crippen MR) is 106 cm³/mol. The Bertz CT molecular complexity index is 645. The van der Waals surface area contributed by atoms with Gasteiger partial charge >= 0.3 is 0 Å². The predicted octanol–water partition coefficient (Wildman–Crippen LogP) is 2.58. The Morgan fingerprint density at radius 3 is 2.74 bits per heavy atom. The standard InChI is InChI=1S/C20H31F2N5/c1-23-20(24-10-12-26(2)17-5-3-4-6-17)25-16-9-11-27(14-16)19-8-7-15(21)13-18(19)22/h7-8,13,16-17H,3-6,9-12,14H2,1-2H3,(H2,23,24,25). The van der Waals surface area contributed by atoms with Gasteiger partial charge in [-0.25, -0.2) is 8.78 Å². The molecule has 2 fully saturated rings. The molecule has 1 atom stereocenters. The summed E-state index contributed by atoms with van der Waals surface area (Å²) in [7, 11) is 3.96. The summed E-state index contributed by atoms with van der Waals surface area (Å²) in [6, 6.07) is 4.67. The third-order valence-corrected chi connectivity index (χ3v) is 5.71. The van der Waals surface area contributed by atoms with Crippen molar-refractivity contribution in [2.75, 3.05) is 45.2 Å². The maximum absolute atomic E-state index is 14.0. The summed E-state index contributed by atoms with van der Waals surface area (Å²) in [6.45, 7) is 3.24. The van der Waals surface area contributed by atoms with E-state index in [1.807, 2.05) is 4.90 Å². The highest BCUT2D eigenvalue weighted by molar-refractivity contribution is 5.80. The smallest absolute Gasteiger partial charge is 0.191 e. The van der Waals surface area contributed by atoms with Crippen LogP contribution >= 0.6 is 0 Å². The van der Waals surface area contributed by atoms with Crippen LogP contribution in [0.15, 0.2) is 23.2 Å². The van der Waals surface area contributed by atoms with Crippen molar-refractivity contribution < 1.29 is 8.78 Å². The molecule has 1 saturated carbocycles. The fourth-order valence-corrected chi connectivity index (χ4v) is 4.10. The molecule has 5 nitrogen and oxygen atoms in total. The highest BCUT2D eigenvalue weighted by Crippen LogP contribution is 2.24. The van der Waals surface area contributed by atoms with E-state index in [2.05, 4.69) is 27.6 Å². The average molecular weight is 379 g/mol. The second kappa shape index (κ2) is 9.35. The fourth-order valence-electron chi connectivity index (χ4n) is 4.10. The Labute approximate surface area is 160 Å². The van der Waals surface area contributed by atoms with Crippen LogP contribution < -0.4 is 15.5 Å². The molecule has 7 heteroatoms. The van der Waals surface area contributed by atoms with Crippen LogP contribution in [0.5, 0.6) is 0 Å². The Kier molecular flexibility index (Phi) is 6.88. The van der Waals surface area contributed by atoms with Gasteiger partial charge in [0, 0.05) is 51.4 Å². The molecule has 0 bridgehead atoms.